The predicted octanol–water partition coefficient (Wildman–Crippen LogP) is 13.3. The molecule has 0 saturated carbocycles. The van der Waals surface area contributed by atoms with Crippen molar-refractivity contribution < 1.29 is 28.5 Å². The lowest BCUT2D eigenvalue weighted by Gasteiger charge is -2.18. The maximum absolute atomic E-state index is 12.4. The van der Waals surface area contributed by atoms with Gasteiger partial charge in [-0.3, -0.25) is 4.79 Å². The number of carbonyl (C=O) groups excluding carboxylic acids is 2. The molecule has 0 spiro atoms. The smallest absolute Gasteiger partial charge is 0.462 e. The Kier molecular flexibility index (Phi) is 39.4. The van der Waals surface area contributed by atoms with Gasteiger partial charge in [0.05, 0.1) is 13.2 Å². The van der Waals surface area contributed by atoms with Crippen molar-refractivity contribution in [3.05, 3.63) is 36.5 Å². The summed E-state index contributed by atoms with van der Waals surface area (Å²) in [7, 11) is 4.03. The highest BCUT2D eigenvalue weighted by molar-refractivity contribution is 5.66. The molecule has 0 aliphatic rings. The fraction of sp³-hybridized carbons (Fsp3) is 0.826. The lowest BCUT2D eigenvalue weighted by molar-refractivity contribution is -0.146. The fourth-order valence-corrected chi connectivity index (χ4v) is 6.26. The van der Waals surface area contributed by atoms with Crippen molar-refractivity contribution in [1.29, 1.82) is 0 Å². The average Bonchev–Trinajstić information content (AvgIpc) is 3.13. The Hall–Kier alpha value is -2.12. The molecule has 0 aromatic carbocycles. The lowest BCUT2D eigenvalue weighted by atomic mass is 10.0. The van der Waals surface area contributed by atoms with Crippen molar-refractivity contribution in [2.24, 2.45) is 0 Å². The highest BCUT2D eigenvalue weighted by atomic mass is 16.7. The molecule has 0 fully saturated rings. The minimum atomic E-state index is -0.574. The van der Waals surface area contributed by atoms with Crippen LogP contribution in [0.4, 0.5) is 4.79 Å². The zero-order chi connectivity index (χ0) is 38.9. The monoisotopic (exact) mass is 748 g/mol. The maximum atomic E-state index is 12.4. The zero-order valence-electron chi connectivity index (χ0n) is 35.4. The Labute approximate surface area is 328 Å². The third kappa shape index (κ3) is 40.9. The van der Waals surface area contributed by atoms with Crippen molar-refractivity contribution in [1.82, 2.24) is 4.90 Å². The van der Waals surface area contributed by atoms with Gasteiger partial charge < -0.3 is 23.8 Å². The van der Waals surface area contributed by atoms with Gasteiger partial charge in [0.15, 0.2) is 0 Å². The van der Waals surface area contributed by atoms with Crippen molar-refractivity contribution in [2.45, 2.75) is 206 Å². The van der Waals surface area contributed by atoms with E-state index in [1.54, 1.807) is 0 Å². The normalized spacial score (nSPS) is 13.1. The molecule has 0 aliphatic heterocycles. The van der Waals surface area contributed by atoms with Crippen LogP contribution in [0.3, 0.4) is 0 Å². The number of esters is 1. The summed E-state index contributed by atoms with van der Waals surface area (Å²) < 4.78 is 22.5. The zero-order valence-corrected chi connectivity index (χ0v) is 35.4. The number of rotatable bonds is 39. The average molecular weight is 748 g/mol. The molecule has 0 amide bonds. The first kappa shape index (κ1) is 50.9. The summed E-state index contributed by atoms with van der Waals surface area (Å²) in [5, 5.41) is 0. The molecule has 2 atom stereocenters. The van der Waals surface area contributed by atoms with Gasteiger partial charge in [-0.05, 0) is 97.6 Å². The second-order valence-corrected chi connectivity index (χ2v) is 15.1. The molecule has 0 bridgehead atoms. The van der Waals surface area contributed by atoms with Crippen LogP contribution in [-0.4, -0.2) is 69.7 Å². The number of unbranched alkanes of at least 4 members (excludes halogenated alkanes) is 18. The SMILES string of the molecule is CCCCC/C=C\C/C=C\CCCCCCCCOCC(CCCCCCCC/C=C\CC(CCCCCC)OC(C)=O)OC(=O)OCCCN(C)C. The van der Waals surface area contributed by atoms with Crippen LogP contribution in [0.1, 0.15) is 194 Å². The van der Waals surface area contributed by atoms with Crippen molar-refractivity contribution in [2.75, 3.05) is 40.5 Å². The van der Waals surface area contributed by atoms with E-state index in [1.807, 2.05) is 14.1 Å². The number of ether oxygens (including phenoxy) is 4. The van der Waals surface area contributed by atoms with E-state index in [1.165, 1.54) is 116 Å². The summed E-state index contributed by atoms with van der Waals surface area (Å²) in [5.74, 6) is -0.178. The predicted molar refractivity (Wildman–Crippen MR) is 225 cm³/mol. The molecule has 2 unspecified atom stereocenters. The van der Waals surface area contributed by atoms with Gasteiger partial charge in [0, 0.05) is 26.5 Å². The van der Waals surface area contributed by atoms with Crippen LogP contribution in [-0.2, 0) is 23.7 Å². The van der Waals surface area contributed by atoms with E-state index in [0.29, 0.717) is 19.8 Å². The minimum absolute atomic E-state index is 0.0132. The number of hydrogen-bond donors (Lipinski definition) is 0. The highest BCUT2D eigenvalue weighted by Crippen LogP contribution is 2.16. The van der Waals surface area contributed by atoms with E-state index in [9.17, 15) is 9.59 Å². The van der Waals surface area contributed by atoms with E-state index in [-0.39, 0.29) is 18.2 Å². The maximum Gasteiger partial charge on any atom is 0.508 e. The molecule has 0 aliphatic carbocycles. The van der Waals surface area contributed by atoms with E-state index in [0.717, 1.165) is 70.8 Å². The second-order valence-electron chi connectivity index (χ2n) is 15.1. The van der Waals surface area contributed by atoms with Crippen LogP contribution >= 0.6 is 0 Å². The van der Waals surface area contributed by atoms with Crippen LogP contribution in [0.2, 0.25) is 0 Å². The molecular formula is C46H85NO6. The summed E-state index contributed by atoms with van der Waals surface area (Å²) in [6.07, 6.45) is 43.8. The molecule has 0 saturated heterocycles. The van der Waals surface area contributed by atoms with Gasteiger partial charge in [-0.1, -0.05) is 134 Å². The number of nitrogens with zero attached hydrogens (tertiary/aromatic N) is 1. The van der Waals surface area contributed by atoms with E-state index in [4.69, 9.17) is 18.9 Å². The molecular weight excluding hydrogens is 663 g/mol. The molecule has 0 aromatic rings. The Balaban J connectivity index is 4.17. The van der Waals surface area contributed by atoms with Gasteiger partial charge in [0.2, 0.25) is 0 Å². The van der Waals surface area contributed by atoms with E-state index < -0.39 is 6.16 Å². The quantitative estimate of drug-likeness (QED) is 0.0352. The van der Waals surface area contributed by atoms with Crippen LogP contribution in [0.5, 0.6) is 0 Å². The third-order valence-electron chi connectivity index (χ3n) is 9.45. The molecule has 7 heteroatoms. The van der Waals surface area contributed by atoms with E-state index >= 15 is 0 Å². The van der Waals surface area contributed by atoms with Crippen LogP contribution < -0.4 is 0 Å². The summed E-state index contributed by atoms with van der Waals surface area (Å²) >= 11 is 0. The Morgan fingerprint density at radius 1 is 0.547 bits per heavy atom. The summed E-state index contributed by atoms with van der Waals surface area (Å²) in [4.78, 5) is 25.9. The van der Waals surface area contributed by atoms with Crippen LogP contribution in [0.15, 0.2) is 36.5 Å². The van der Waals surface area contributed by atoms with Crippen molar-refractivity contribution in [3.63, 3.8) is 0 Å². The molecule has 7 nitrogen and oxygen atoms in total. The second kappa shape index (κ2) is 41.1. The van der Waals surface area contributed by atoms with Crippen LogP contribution in [0.25, 0.3) is 0 Å². The first-order valence-electron chi connectivity index (χ1n) is 22.1. The number of carbonyl (C=O) groups is 2. The largest absolute Gasteiger partial charge is 0.508 e. The molecule has 53 heavy (non-hydrogen) atoms. The molecule has 0 N–H and O–H groups in total. The summed E-state index contributed by atoms with van der Waals surface area (Å²) in [5.41, 5.74) is 0. The minimum Gasteiger partial charge on any atom is -0.462 e. The number of allylic oxidation sites excluding steroid dienone is 5. The molecule has 310 valence electrons. The molecule has 0 heterocycles. The van der Waals surface area contributed by atoms with E-state index in [2.05, 4.69) is 55.2 Å². The van der Waals surface area contributed by atoms with Gasteiger partial charge in [0.1, 0.15) is 12.2 Å². The molecule has 0 radical (unpaired) electrons. The first-order valence-corrected chi connectivity index (χ1v) is 22.1. The highest BCUT2D eigenvalue weighted by Gasteiger charge is 2.16. The molecule has 0 aromatic heterocycles. The van der Waals surface area contributed by atoms with Crippen molar-refractivity contribution in [3.8, 4) is 0 Å². The van der Waals surface area contributed by atoms with Gasteiger partial charge in [-0.15, -0.1) is 0 Å². The van der Waals surface area contributed by atoms with Crippen molar-refractivity contribution >= 4 is 12.1 Å². The third-order valence-corrected chi connectivity index (χ3v) is 9.45. The standard InChI is InChI=1S/C46H85NO6/c1-6-8-10-12-13-14-15-16-17-18-19-20-24-27-30-34-40-50-42-45(53-46(49)51-41-35-39-47(4)5)38-33-29-26-23-21-22-25-28-32-37-44(52-43(3)48)36-31-11-9-7-2/h13-14,16-17,28,32,44-45H,6-12,15,18-27,29-31,33-42H2,1-5H3/b14-13-,17-16-,32-28-. The summed E-state index contributed by atoms with van der Waals surface area (Å²) in [6.45, 7) is 8.37. The van der Waals surface area contributed by atoms with Gasteiger partial charge in [-0.25, -0.2) is 4.79 Å². The van der Waals surface area contributed by atoms with Gasteiger partial charge >= 0.3 is 12.1 Å². The Morgan fingerprint density at radius 3 is 1.66 bits per heavy atom. The lowest BCUT2D eigenvalue weighted by Crippen LogP contribution is -2.25. The topological polar surface area (TPSA) is 74.3 Å². The fourth-order valence-electron chi connectivity index (χ4n) is 6.26. The van der Waals surface area contributed by atoms with Gasteiger partial charge in [0.25, 0.3) is 0 Å². The Morgan fingerprint density at radius 2 is 1.06 bits per heavy atom. The van der Waals surface area contributed by atoms with Crippen LogP contribution in [0, 0.1) is 0 Å². The molecule has 0 rings (SSSR count). The summed E-state index contributed by atoms with van der Waals surface area (Å²) in [6, 6.07) is 0. The number of hydrogen-bond acceptors (Lipinski definition) is 7. The van der Waals surface area contributed by atoms with Gasteiger partial charge in [-0.2, -0.15) is 0 Å². The first-order chi connectivity index (χ1) is 25.9. The Bertz CT molecular complexity index is 885.